The van der Waals surface area contributed by atoms with Crippen molar-refractivity contribution in [3.8, 4) is 0 Å². The fourth-order valence-electron chi connectivity index (χ4n) is 3.00. The van der Waals surface area contributed by atoms with Crippen molar-refractivity contribution in [3.63, 3.8) is 0 Å². The number of nitrogens with zero attached hydrogens (tertiary/aromatic N) is 2. The smallest absolute Gasteiger partial charge is 0.239 e. The predicted octanol–water partition coefficient (Wildman–Crippen LogP) is 2.93. The molecular weight excluding hydrogens is 479 g/mol. The van der Waals surface area contributed by atoms with Gasteiger partial charge in [-0.2, -0.15) is 0 Å². The highest BCUT2D eigenvalue weighted by atomic mass is 79.9. The van der Waals surface area contributed by atoms with Gasteiger partial charge in [-0.05, 0) is 62.4 Å². The van der Waals surface area contributed by atoms with Gasteiger partial charge in [-0.1, -0.05) is 28.1 Å². The first-order chi connectivity index (χ1) is 15.2. The minimum atomic E-state index is -0.340. The Morgan fingerprint density at radius 2 is 1.69 bits per heavy atom. The molecule has 0 aliphatic heterocycles. The average Bonchev–Trinajstić information content (AvgIpc) is 2.73. The molecule has 2 aromatic carbocycles. The maximum atomic E-state index is 13.0. The van der Waals surface area contributed by atoms with Gasteiger partial charge in [-0.25, -0.2) is 4.39 Å². The molecule has 0 saturated heterocycles. The molecule has 0 spiro atoms. The molecule has 2 N–H and O–H groups in total. The highest BCUT2D eigenvalue weighted by Gasteiger charge is 2.18. The Balaban J connectivity index is 1.79. The van der Waals surface area contributed by atoms with Crippen LogP contribution in [0.2, 0.25) is 0 Å². The second-order valence-electron chi connectivity index (χ2n) is 7.49. The number of rotatable bonds is 10. The van der Waals surface area contributed by atoms with Crippen molar-refractivity contribution in [1.29, 1.82) is 0 Å². The van der Waals surface area contributed by atoms with E-state index in [-0.39, 0.29) is 49.7 Å². The number of amides is 3. The molecule has 0 saturated carbocycles. The summed E-state index contributed by atoms with van der Waals surface area (Å²) in [5, 5.41) is 5.56. The number of carbonyl (C=O) groups excluding carboxylic acids is 3. The molecular formula is C23H28BrFN4O3. The van der Waals surface area contributed by atoms with Gasteiger partial charge in [-0.15, -0.1) is 0 Å². The first-order valence-electron chi connectivity index (χ1n) is 10.2. The second kappa shape index (κ2) is 12.3. The van der Waals surface area contributed by atoms with E-state index in [1.807, 2.05) is 25.1 Å². The van der Waals surface area contributed by atoms with Crippen LogP contribution in [0.3, 0.4) is 0 Å². The summed E-state index contributed by atoms with van der Waals surface area (Å²) in [4.78, 5) is 40.2. The van der Waals surface area contributed by atoms with Crippen LogP contribution >= 0.6 is 15.9 Å². The zero-order valence-electron chi connectivity index (χ0n) is 18.5. The fraction of sp³-hybridized carbons (Fsp3) is 0.348. The summed E-state index contributed by atoms with van der Waals surface area (Å²) >= 11 is 3.39. The number of hydrogen-bond acceptors (Lipinski definition) is 4. The van der Waals surface area contributed by atoms with Crippen molar-refractivity contribution < 1.29 is 18.8 Å². The van der Waals surface area contributed by atoms with E-state index in [1.165, 1.54) is 17.0 Å². The highest BCUT2D eigenvalue weighted by Crippen LogP contribution is 2.19. The number of benzene rings is 2. The molecule has 7 nitrogen and oxygen atoms in total. The van der Waals surface area contributed by atoms with Gasteiger partial charge in [-0.3, -0.25) is 19.3 Å². The SMILES string of the molecule is CCN(CC(=O)NCc1ccc(F)cc1)C(=O)CN(C)CC(=O)Nc1ccc(Br)cc1C. The van der Waals surface area contributed by atoms with Gasteiger partial charge in [0.1, 0.15) is 5.82 Å². The molecule has 2 rings (SSSR count). The maximum Gasteiger partial charge on any atom is 0.239 e. The Kier molecular flexibility index (Phi) is 9.80. The van der Waals surface area contributed by atoms with Crippen LogP contribution < -0.4 is 10.6 Å². The molecule has 0 atom stereocenters. The van der Waals surface area contributed by atoms with Gasteiger partial charge < -0.3 is 15.5 Å². The molecule has 9 heteroatoms. The Morgan fingerprint density at radius 1 is 1.00 bits per heavy atom. The molecule has 0 aromatic heterocycles. The third-order valence-corrected chi connectivity index (χ3v) is 5.25. The van der Waals surface area contributed by atoms with Crippen molar-refractivity contribution in [2.24, 2.45) is 0 Å². The number of nitrogens with one attached hydrogen (secondary N) is 2. The molecule has 0 fully saturated rings. The van der Waals surface area contributed by atoms with Gasteiger partial charge in [0.15, 0.2) is 0 Å². The lowest BCUT2D eigenvalue weighted by molar-refractivity contribution is -0.136. The summed E-state index contributed by atoms with van der Waals surface area (Å²) in [6, 6.07) is 11.4. The van der Waals surface area contributed by atoms with Crippen LogP contribution in [0.15, 0.2) is 46.9 Å². The lowest BCUT2D eigenvalue weighted by Crippen LogP contribution is -2.45. The van der Waals surface area contributed by atoms with Gasteiger partial charge in [0, 0.05) is 23.2 Å². The number of anilines is 1. The normalized spacial score (nSPS) is 10.7. The molecule has 32 heavy (non-hydrogen) atoms. The van der Waals surface area contributed by atoms with Crippen molar-refractivity contribution >= 4 is 39.3 Å². The van der Waals surface area contributed by atoms with E-state index in [2.05, 4.69) is 26.6 Å². The molecule has 3 amide bonds. The minimum absolute atomic E-state index is 0.00578. The van der Waals surface area contributed by atoms with E-state index in [9.17, 15) is 18.8 Å². The van der Waals surface area contributed by atoms with Gasteiger partial charge in [0.2, 0.25) is 17.7 Å². The van der Waals surface area contributed by atoms with Crippen LogP contribution in [0.1, 0.15) is 18.1 Å². The summed E-state index contributed by atoms with van der Waals surface area (Å²) < 4.78 is 13.9. The Morgan fingerprint density at radius 3 is 2.31 bits per heavy atom. The van der Waals surface area contributed by atoms with Crippen LogP contribution in [-0.4, -0.2) is 60.7 Å². The number of halogens is 2. The van der Waals surface area contributed by atoms with E-state index >= 15 is 0 Å². The standard InChI is InChI=1S/C23H28BrFN4O3/c1-4-29(14-21(30)26-12-17-5-8-19(25)9-6-17)23(32)15-28(3)13-22(31)27-20-10-7-18(24)11-16(20)2/h5-11H,4,12-15H2,1-3H3,(H,26,30)(H,27,31). The number of aryl methyl sites for hydroxylation is 1. The van der Waals surface area contributed by atoms with Crippen molar-refractivity contribution in [1.82, 2.24) is 15.1 Å². The van der Waals surface area contributed by atoms with E-state index in [4.69, 9.17) is 0 Å². The number of hydrogen-bond donors (Lipinski definition) is 2. The van der Waals surface area contributed by atoms with E-state index < -0.39 is 0 Å². The molecule has 0 heterocycles. The van der Waals surface area contributed by atoms with E-state index in [0.717, 1.165) is 15.6 Å². The molecule has 0 aliphatic carbocycles. The van der Waals surface area contributed by atoms with Crippen LogP contribution in [0.25, 0.3) is 0 Å². The summed E-state index contributed by atoms with van der Waals surface area (Å²) in [6.45, 7) is 4.25. The lowest BCUT2D eigenvalue weighted by atomic mass is 10.2. The monoisotopic (exact) mass is 506 g/mol. The van der Waals surface area contributed by atoms with Crippen molar-refractivity contribution in [3.05, 3.63) is 63.9 Å². The molecule has 0 aliphatic rings. The van der Waals surface area contributed by atoms with Crippen LogP contribution in [0, 0.1) is 12.7 Å². The predicted molar refractivity (Wildman–Crippen MR) is 126 cm³/mol. The Labute approximate surface area is 196 Å². The van der Waals surface area contributed by atoms with Gasteiger partial charge >= 0.3 is 0 Å². The quantitative estimate of drug-likeness (QED) is 0.519. The number of carbonyl (C=O) groups is 3. The van der Waals surface area contributed by atoms with Crippen LogP contribution in [0.4, 0.5) is 10.1 Å². The average molecular weight is 507 g/mol. The highest BCUT2D eigenvalue weighted by molar-refractivity contribution is 9.10. The van der Waals surface area contributed by atoms with Gasteiger partial charge in [0.05, 0.1) is 19.6 Å². The third-order valence-electron chi connectivity index (χ3n) is 4.75. The maximum absolute atomic E-state index is 13.0. The first kappa shape index (κ1) is 25.5. The van der Waals surface area contributed by atoms with Crippen molar-refractivity contribution in [2.45, 2.75) is 20.4 Å². The first-order valence-corrected chi connectivity index (χ1v) is 11.0. The lowest BCUT2D eigenvalue weighted by Gasteiger charge is -2.24. The summed E-state index contributed by atoms with van der Waals surface area (Å²) in [5.41, 5.74) is 2.40. The van der Waals surface area contributed by atoms with Gasteiger partial charge in [0.25, 0.3) is 0 Å². The van der Waals surface area contributed by atoms with Crippen LogP contribution in [0.5, 0.6) is 0 Å². The largest absolute Gasteiger partial charge is 0.350 e. The Bertz CT molecular complexity index is 953. The summed E-state index contributed by atoms with van der Waals surface area (Å²) in [5.74, 6) is -1.13. The van der Waals surface area contributed by atoms with E-state index in [0.29, 0.717) is 12.2 Å². The van der Waals surface area contributed by atoms with Crippen LogP contribution in [-0.2, 0) is 20.9 Å². The third kappa shape index (κ3) is 8.39. The zero-order chi connectivity index (χ0) is 23.7. The second-order valence-corrected chi connectivity index (χ2v) is 8.41. The molecule has 0 radical (unpaired) electrons. The summed E-state index contributed by atoms with van der Waals surface area (Å²) in [7, 11) is 1.67. The molecule has 0 unspecified atom stereocenters. The number of likely N-dealkylation sites (N-methyl/N-ethyl adjacent to an activating group) is 2. The topological polar surface area (TPSA) is 81.8 Å². The zero-order valence-corrected chi connectivity index (χ0v) is 20.0. The van der Waals surface area contributed by atoms with Crippen molar-refractivity contribution in [2.75, 3.05) is 38.5 Å². The molecule has 0 bridgehead atoms. The van der Waals surface area contributed by atoms with E-state index in [1.54, 1.807) is 31.0 Å². The molecule has 172 valence electrons. The minimum Gasteiger partial charge on any atom is -0.350 e. The fourth-order valence-corrected chi connectivity index (χ4v) is 3.47. The Hall–Kier alpha value is -2.78. The molecule has 2 aromatic rings. The summed E-state index contributed by atoms with van der Waals surface area (Å²) in [6.07, 6.45) is 0.